The Labute approximate surface area is 121 Å². The van der Waals surface area contributed by atoms with Gasteiger partial charge < -0.3 is 18.9 Å². The summed E-state index contributed by atoms with van der Waals surface area (Å²) in [6.45, 7) is 7.10. The molecule has 4 heteroatoms. The average Bonchev–Trinajstić information content (AvgIpc) is 2.78. The van der Waals surface area contributed by atoms with Crippen molar-refractivity contribution >= 4 is 0 Å². The summed E-state index contributed by atoms with van der Waals surface area (Å²) in [5, 5.41) is 0. The monoisotopic (exact) mass is 280 g/mol. The van der Waals surface area contributed by atoms with Gasteiger partial charge in [0.25, 0.3) is 0 Å². The zero-order valence-corrected chi connectivity index (χ0v) is 12.3. The van der Waals surface area contributed by atoms with Crippen molar-refractivity contribution in [2.24, 2.45) is 0 Å². The van der Waals surface area contributed by atoms with Gasteiger partial charge in [-0.05, 0) is 25.8 Å². The van der Waals surface area contributed by atoms with Crippen LogP contribution in [0, 0.1) is 0 Å². The predicted octanol–water partition coefficient (Wildman–Crippen LogP) is 2.76. The first kappa shape index (κ1) is 15.4. The SMILES string of the molecule is CC1(C)OC[C@H](COCCCOCc2ccccc2)O1. The van der Waals surface area contributed by atoms with Gasteiger partial charge in [0.15, 0.2) is 5.79 Å². The lowest BCUT2D eigenvalue weighted by Crippen LogP contribution is -2.24. The largest absolute Gasteiger partial charge is 0.379 e. The van der Waals surface area contributed by atoms with Crippen LogP contribution in [-0.4, -0.2) is 38.3 Å². The zero-order valence-electron chi connectivity index (χ0n) is 12.3. The van der Waals surface area contributed by atoms with Crippen LogP contribution in [0.3, 0.4) is 0 Å². The molecule has 0 aliphatic carbocycles. The van der Waals surface area contributed by atoms with Crippen molar-refractivity contribution in [3.05, 3.63) is 35.9 Å². The molecule has 0 N–H and O–H groups in total. The van der Waals surface area contributed by atoms with Crippen LogP contribution in [-0.2, 0) is 25.6 Å². The first-order valence-corrected chi connectivity index (χ1v) is 7.17. The minimum atomic E-state index is -0.465. The van der Waals surface area contributed by atoms with Crippen molar-refractivity contribution in [3.8, 4) is 0 Å². The Bertz CT molecular complexity index is 377. The number of rotatable bonds is 8. The lowest BCUT2D eigenvalue weighted by molar-refractivity contribution is -0.145. The molecule has 0 unspecified atom stereocenters. The fraction of sp³-hybridized carbons (Fsp3) is 0.625. The van der Waals surface area contributed by atoms with E-state index in [1.807, 2.05) is 32.0 Å². The van der Waals surface area contributed by atoms with Crippen LogP contribution in [0.1, 0.15) is 25.8 Å². The molecule has 0 spiro atoms. The second kappa shape index (κ2) is 7.74. The van der Waals surface area contributed by atoms with Gasteiger partial charge in [0.2, 0.25) is 0 Å². The first-order valence-electron chi connectivity index (χ1n) is 7.17. The third kappa shape index (κ3) is 5.59. The van der Waals surface area contributed by atoms with Crippen molar-refractivity contribution in [2.75, 3.05) is 26.4 Å². The molecule has 4 nitrogen and oxygen atoms in total. The number of benzene rings is 1. The maximum atomic E-state index is 5.66. The molecular formula is C16H24O4. The van der Waals surface area contributed by atoms with Crippen LogP contribution in [0.5, 0.6) is 0 Å². The highest BCUT2D eigenvalue weighted by Crippen LogP contribution is 2.22. The smallest absolute Gasteiger partial charge is 0.163 e. The molecule has 1 atom stereocenters. The topological polar surface area (TPSA) is 36.9 Å². The molecular weight excluding hydrogens is 256 g/mol. The van der Waals surface area contributed by atoms with Gasteiger partial charge in [-0.1, -0.05) is 30.3 Å². The lowest BCUT2D eigenvalue weighted by Gasteiger charge is -2.17. The van der Waals surface area contributed by atoms with E-state index in [0.29, 0.717) is 33.0 Å². The van der Waals surface area contributed by atoms with E-state index in [0.717, 1.165) is 6.42 Å². The highest BCUT2D eigenvalue weighted by atomic mass is 16.7. The fourth-order valence-corrected chi connectivity index (χ4v) is 2.09. The summed E-state index contributed by atoms with van der Waals surface area (Å²) >= 11 is 0. The van der Waals surface area contributed by atoms with Crippen molar-refractivity contribution in [3.63, 3.8) is 0 Å². The molecule has 1 heterocycles. The average molecular weight is 280 g/mol. The Hall–Kier alpha value is -0.940. The minimum absolute atomic E-state index is 0.0511. The standard InChI is InChI=1S/C16H24O4/c1-16(2)19-13-15(20-16)12-18-10-6-9-17-11-14-7-4-3-5-8-14/h3-5,7-8,15H,6,9-13H2,1-2H3/t15-/m0/s1. The maximum Gasteiger partial charge on any atom is 0.163 e. The Morgan fingerprint density at radius 3 is 2.60 bits per heavy atom. The summed E-state index contributed by atoms with van der Waals surface area (Å²) in [4.78, 5) is 0. The Morgan fingerprint density at radius 2 is 1.90 bits per heavy atom. The van der Waals surface area contributed by atoms with Crippen molar-refractivity contribution in [1.82, 2.24) is 0 Å². The van der Waals surface area contributed by atoms with Crippen LogP contribution in [0.25, 0.3) is 0 Å². The van der Waals surface area contributed by atoms with E-state index in [4.69, 9.17) is 18.9 Å². The van der Waals surface area contributed by atoms with Gasteiger partial charge in [-0.25, -0.2) is 0 Å². The minimum Gasteiger partial charge on any atom is -0.379 e. The van der Waals surface area contributed by atoms with E-state index in [-0.39, 0.29) is 6.10 Å². The van der Waals surface area contributed by atoms with E-state index in [2.05, 4.69) is 12.1 Å². The second-order valence-corrected chi connectivity index (χ2v) is 5.42. The molecule has 1 aliphatic heterocycles. The molecule has 1 fully saturated rings. The summed E-state index contributed by atoms with van der Waals surface area (Å²) < 4.78 is 22.3. The molecule has 2 rings (SSSR count). The van der Waals surface area contributed by atoms with Crippen LogP contribution >= 0.6 is 0 Å². The van der Waals surface area contributed by atoms with Crippen molar-refractivity contribution in [2.45, 2.75) is 38.8 Å². The molecule has 0 bridgehead atoms. The Balaban J connectivity index is 1.44. The molecule has 0 amide bonds. The molecule has 112 valence electrons. The van der Waals surface area contributed by atoms with Gasteiger partial charge in [-0.2, -0.15) is 0 Å². The van der Waals surface area contributed by atoms with Crippen molar-refractivity contribution in [1.29, 1.82) is 0 Å². The number of ether oxygens (including phenoxy) is 4. The Morgan fingerprint density at radius 1 is 1.15 bits per heavy atom. The summed E-state index contributed by atoms with van der Waals surface area (Å²) in [7, 11) is 0. The van der Waals surface area contributed by atoms with Gasteiger partial charge >= 0.3 is 0 Å². The summed E-state index contributed by atoms with van der Waals surface area (Å²) in [6, 6.07) is 10.2. The van der Waals surface area contributed by atoms with E-state index in [9.17, 15) is 0 Å². The molecule has 1 aromatic rings. The molecule has 0 radical (unpaired) electrons. The molecule has 1 aromatic carbocycles. The maximum absolute atomic E-state index is 5.66. The number of hydrogen-bond donors (Lipinski definition) is 0. The number of hydrogen-bond acceptors (Lipinski definition) is 4. The summed E-state index contributed by atoms with van der Waals surface area (Å²) in [5.41, 5.74) is 1.20. The molecule has 1 aliphatic rings. The molecule has 20 heavy (non-hydrogen) atoms. The quantitative estimate of drug-likeness (QED) is 0.686. The van der Waals surface area contributed by atoms with Gasteiger partial charge in [0, 0.05) is 13.2 Å². The van der Waals surface area contributed by atoms with Gasteiger partial charge in [0.1, 0.15) is 6.10 Å². The summed E-state index contributed by atoms with van der Waals surface area (Å²) in [6.07, 6.45) is 0.944. The van der Waals surface area contributed by atoms with Crippen LogP contribution in [0.15, 0.2) is 30.3 Å². The third-order valence-electron chi connectivity index (χ3n) is 3.06. The zero-order chi connectivity index (χ0) is 14.3. The van der Waals surface area contributed by atoms with E-state index in [1.54, 1.807) is 0 Å². The summed E-state index contributed by atoms with van der Waals surface area (Å²) in [5.74, 6) is -0.465. The lowest BCUT2D eigenvalue weighted by atomic mass is 10.2. The third-order valence-corrected chi connectivity index (χ3v) is 3.06. The van der Waals surface area contributed by atoms with E-state index >= 15 is 0 Å². The van der Waals surface area contributed by atoms with E-state index < -0.39 is 5.79 Å². The Kier molecular flexibility index (Phi) is 5.98. The van der Waals surface area contributed by atoms with Gasteiger partial charge in [-0.15, -0.1) is 0 Å². The molecule has 0 saturated carbocycles. The van der Waals surface area contributed by atoms with Crippen LogP contribution in [0.4, 0.5) is 0 Å². The second-order valence-electron chi connectivity index (χ2n) is 5.42. The highest BCUT2D eigenvalue weighted by molar-refractivity contribution is 5.13. The molecule has 0 aromatic heterocycles. The van der Waals surface area contributed by atoms with Gasteiger partial charge in [0.05, 0.1) is 19.8 Å². The van der Waals surface area contributed by atoms with E-state index in [1.165, 1.54) is 5.56 Å². The normalized spacial score (nSPS) is 21.2. The highest BCUT2D eigenvalue weighted by Gasteiger charge is 2.32. The molecule has 1 saturated heterocycles. The van der Waals surface area contributed by atoms with Crippen LogP contribution in [0.2, 0.25) is 0 Å². The first-order chi connectivity index (χ1) is 9.66. The van der Waals surface area contributed by atoms with Crippen molar-refractivity contribution < 1.29 is 18.9 Å². The predicted molar refractivity (Wildman–Crippen MR) is 76.4 cm³/mol. The van der Waals surface area contributed by atoms with Gasteiger partial charge in [-0.3, -0.25) is 0 Å². The fourth-order valence-electron chi connectivity index (χ4n) is 2.09. The van der Waals surface area contributed by atoms with Crippen LogP contribution < -0.4 is 0 Å².